The molecule has 0 radical (unpaired) electrons. The van der Waals surface area contributed by atoms with Gasteiger partial charge in [-0.25, -0.2) is 0 Å². The van der Waals surface area contributed by atoms with Gasteiger partial charge in [0.05, 0.1) is 0 Å². The number of thioether (sulfide) groups is 1. The van der Waals surface area contributed by atoms with E-state index in [1.807, 2.05) is 24.2 Å². The van der Waals surface area contributed by atoms with Gasteiger partial charge in [0.2, 0.25) is 0 Å². The quantitative estimate of drug-likeness (QED) is 0.837. The molecular weight excluding hydrogens is 326 g/mol. The van der Waals surface area contributed by atoms with Gasteiger partial charge in [0, 0.05) is 48.4 Å². The zero-order chi connectivity index (χ0) is 17.1. The van der Waals surface area contributed by atoms with E-state index in [0.717, 1.165) is 26.2 Å². The Morgan fingerprint density at radius 2 is 1.92 bits per heavy atom. The minimum atomic E-state index is 0.433. The molecule has 2 aliphatic heterocycles. The molecule has 0 aliphatic carbocycles. The third kappa shape index (κ3) is 4.01. The lowest BCUT2D eigenvalue weighted by molar-refractivity contribution is 0.287. The molecule has 1 aromatic carbocycles. The van der Waals surface area contributed by atoms with Crippen molar-refractivity contribution in [2.45, 2.75) is 37.6 Å². The Morgan fingerprint density at radius 1 is 1.12 bits per heavy atom. The summed E-state index contributed by atoms with van der Waals surface area (Å²) in [6, 6.07) is 11.3. The van der Waals surface area contributed by atoms with Gasteiger partial charge < -0.3 is 10.2 Å². The molecule has 0 amide bonds. The van der Waals surface area contributed by atoms with Crippen LogP contribution < -0.4 is 10.2 Å². The molecule has 1 fully saturated rings. The van der Waals surface area contributed by atoms with Gasteiger partial charge in [-0.2, -0.15) is 0 Å². The Bertz CT molecular complexity index is 708. The van der Waals surface area contributed by atoms with Gasteiger partial charge in [0.1, 0.15) is 0 Å². The minimum absolute atomic E-state index is 0.433. The van der Waals surface area contributed by atoms with E-state index in [0.29, 0.717) is 5.41 Å². The molecule has 25 heavy (non-hydrogen) atoms. The van der Waals surface area contributed by atoms with Gasteiger partial charge in [-0.15, -0.1) is 11.8 Å². The van der Waals surface area contributed by atoms with Crippen LogP contribution in [0.15, 0.2) is 47.6 Å². The topological polar surface area (TPSA) is 28.2 Å². The molecule has 2 aliphatic rings. The number of rotatable bonds is 4. The van der Waals surface area contributed by atoms with E-state index < -0.39 is 0 Å². The maximum Gasteiger partial charge on any atom is 0.0397 e. The first-order chi connectivity index (χ1) is 12.2. The van der Waals surface area contributed by atoms with E-state index in [1.54, 1.807) is 0 Å². The Morgan fingerprint density at radius 3 is 2.72 bits per heavy atom. The van der Waals surface area contributed by atoms with E-state index in [1.165, 1.54) is 46.7 Å². The fourth-order valence-electron chi connectivity index (χ4n) is 3.81. The molecule has 0 unspecified atom stereocenters. The summed E-state index contributed by atoms with van der Waals surface area (Å²) in [5.74, 6) is 1.21. The molecule has 3 heterocycles. The highest BCUT2D eigenvalue weighted by Crippen LogP contribution is 2.38. The van der Waals surface area contributed by atoms with Gasteiger partial charge in [0.25, 0.3) is 0 Å². The summed E-state index contributed by atoms with van der Waals surface area (Å²) in [7, 11) is 0. The summed E-state index contributed by atoms with van der Waals surface area (Å²) >= 11 is 2.04. The smallest absolute Gasteiger partial charge is 0.0397 e. The van der Waals surface area contributed by atoms with Crippen LogP contribution in [0, 0.1) is 5.41 Å². The normalized spacial score (nSPS) is 19.5. The predicted octanol–water partition coefficient (Wildman–Crippen LogP) is 4.13. The van der Waals surface area contributed by atoms with Crippen molar-refractivity contribution in [3.05, 3.63) is 53.9 Å². The van der Waals surface area contributed by atoms with E-state index in [-0.39, 0.29) is 0 Å². The van der Waals surface area contributed by atoms with Crippen LogP contribution in [0.4, 0.5) is 5.69 Å². The molecule has 0 bridgehead atoms. The molecule has 0 spiro atoms. The van der Waals surface area contributed by atoms with Gasteiger partial charge in [-0.05, 0) is 66.6 Å². The average molecular weight is 354 g/mol. The molecular formula is C21H27N3S. The number of hydrogen-bond donors (Lipinski definition) is 1. The highest BCUT2D eigenvalue weighted by atomic mass is 32.2. The Hall–Kier alpha value is -1.52. The highest BCUT2D eigenvalue weighted by Gasteiger charge is 2.30. The summed E-state index contributed by atoms with van der Waals surface area (Å²) < 4.78 is 0. The first-order valence-corrected chi connectivity index (χ1v) is 10.3. The van der Waals surface area contributed by atoms with Crippen molar-refractivity contribution in [2.24, 2.45) is 5.41 Å². The second kappa shape index (κ2) is 7.38. The number of benzene rings is 1. The first kappa shape index (κ1) is 16.9. The molecule has 0 atom stereocenters. The third-order valence-corrected chi connectivity index (χ3v) is 7.08. The molecule has 3 nitrogen and oxygen atoms in total. The molecule has 4 rings (SSSR count). The van der Waals surface area contributed by atoms with Crippen LogP contribution in [0.25, 0.3) is 0 Å². The van der Waals surface area contributed by atoms with Crippen molar-refractivity contribution >= 4 is 17.4 Å². The first-order valence-electron chi connectivity index (χ1n) is 9.32. The number of fused-ring (bicyclic) bond motifs is 1. The maximum absolute atomic E-state index is 4.13. The fourth-order valence-corrected chi connectivity index (χ4v) is 5.00. The minimum Gasteiger partial charge on any atom is -0.371 e. The molecule has 2 aromatic rings. The fraction of sp³-hybridized carbons (Fsp3) is 0.476. The van der Waals surface area contributed by atoms with E-state index in [2.05, 4.69) is 52.5 Å². The maximum atomic E-state index is 4.13. The molecule has 1 N–H and O–H groups in total. The van der Waals surface area contributed by atoms with Crippen LogP contribution in [-0.2, 0) is 13.0 Å². The summed E-state index contributed by atoms with van der Waals surface area (Å²) in [6.07, 6.45) is 7.47. The lowest BCUT2D eigenvalue weighted by atomic mass is 9.82. The SMILES string of the molecule is CC1(CSc2ccc3c(c2)CNCC3)CCN(c2ccncc2)CC1. The second-order valence-corrected chi connectivity index (χ2v) is 8.70. The molecule has 0 saturated carbocycles. The van der Waals surface area contributed by atoms with Gasteiger partial charge in [0.15, 0.2) is 0 Å². The Labute approximate surface area is 155 Å². The monoisotopic (exact) mass is 353 g/mol. The van der Waals surface area contributed by atoms with Crippen LogP contribution in [0.5, 0.6) is 0 Å². The van der Waals surface area contributed by atoms with Crippen molar-refractivity contribution in [1.82, 2.24) is 10.3 Å². The molecule has 132 valence electrons. The summed E-state index contributed by atoms with van der Waals surface area (Å²) in [5, 5.41) is 3.48. The van der Waals surface area contributed by atoms with E-state index >= 15 is 0 Å². The number of aromatic nitrogens is 1. The standard InChI is InChI=1S/C21H27N3S/c1-21(7-12-24(13-8-21)19-5-10-22-11-6-19)16-25-20-3-2-17-4-9-23-15-18(17)14-20/h2-3,5-6,10-11,14,23H,4,7-9,12-13,15-16H2,1H3. The van der Waals surface area contributed by atoms with Crippen LogP contribution in [0.1, 0.15) is 30.9 Å². The van der Waals surface area contributed by atoms with Crippen LogP contribution in [0.3, 0.4) is 0 Å². The van der Waals surface area contributed by atoms with Gasteiger partial charge in [-0.3, -0.25) is 4.98 Å². The Balaban J connectivity index is 1.34. The molecule has 1 aromatic heterocycles. The Kier molecular flexibility index (Phi) is 5.00. The number of piperidine rings is 1. The van der Waals surface area contributed by atoms with Crippen LogP contribution >= 0.6 is 11.8 Å². The second-order valence-electron chi connectivity index (χ2n) is 7.65. The van der Waals surface area contributed by atoms with Crippen molar-refractivity contribution in [2.75, 3.05) is 30.3 Å². The van der Waals surface area contributed by atoms with E-state index in [9.17, 15) is 0 Å². The zero-order valence-corrected chi connectivity index (χ0v) is 15.8. The van der Waals surface area contributed by atoms with Crippen LogP contribution in [0.2, 0.25) is 0 Å². The number of pyridine rings is 1. The van der Waals surface area contributed by atoms with Crippen molar-refractivity contribution in [1.29, 1.82) is 0 Å². The van der Waals surface area contributed by atoms with Gasteiger partial charge in [-0.1, -0.05) is 13.0 Å². The number of nitrogens with one attached hydrogen (secondary N) is 1. The molecule has 1 saturated heterocycles. The summed E-state index contributed by atoms with van der Waals surface area (Å²) in [4.78, 5) is 8.06. The summed E-state index contributed by atoms with van der Waals surface area (Å²) in [5.41, 5.74) is 4.77. The average Bonchev–Trinajstić information content (AvgIpc) is 2.68. The van der Waals surface area contributed by atoms with Crippen molar-refractivity contribution < 1.29 is 0 Å². The van der Waals surface area contributed by atoms with Crippen molar-refractivity contribution in [3.63, 3.8) is 0 Å². The number of hydrogen-bond acceptors (Lipinski definition) is 4. The number of nitrogens with zero attached hydrogens (tertiary/aromatic N) is 2. The zero-order valence-electron chi connectivity index (χ0n) is 15.0. The van der Waals surface area contributed by atoms with Gasteiger partial charge >= 0.3 is 0 Å². The lowest BCUT2D eigenvalue weighted by Gasteiger charge is -2.40. The van der Waals surface area contributed by atoms with E-state index in [4.69, 9.17) is 0 Å². The predicted molar refractivity (Wildman–Crippen MR) is 106 cm³/mol. The lowest BCUT2D eigenvalue weighted by Crippen LogP contribution is -2.39. The van der Waals surface area contributed by atoms with Crippen LogP contribution in [-0.4, -0.2) is 30.4 Å². The molecule has 4 heteroatoms. The largest absolute Gasteiger partial charge is 0.371 e. The van der Waals surface area contributed by atoms with Crippen molar-refractivity contribution in [3.8, 4) is 0 Å². The third-order valence-electron chi connectivity index (χ3n) is 5.65. The highest BCUT2D eigenvalue weighted by molar-refractivity contribution is 7.99. The summed E-state index contributed by atoms with van der Waals surface area (Å²) in [6.45, 7) is 6.90. The number of anilines is 1.